The number of nitrogens with zero attached hydrogens (tertiary/aromatic N) is 4. The Morgan fingerprint density at radius 3 is 2.79 bits per heavy atom. The summed E-state index contributed by atoms with van der Waals surface area (Å²) in [5, 5.41) is 10.6. The van der Waals surface area contributed by atoms with Gasteiger partial charge in [-0.15, -0.1) is 5.10 Å². The number of hydrogen-bond donors (Lipinski definition) is 1. The topological polar surface area (TPSA) is 63.1 Å². The van der Waals surface area contributed by atoms with E-state index in [1.165, 1.54) is 30.0 Å². The Morgan fingerprint density at radius 2 is 2.00 bits per heavy atom. The Hall–Kier alpha value is -2.28. The molecule has 24 heavy (non-hydrogen) atoms. The molecule has 1 fully saturated rings. The third-order valence-corrected chi connectivity index (χ3v) is 4.22. The second-order valence-electron chi connectivity index (χ2n) is 6.05. The summed E-state index contributed by atoms with van der Waals surface area (Å²) in [6.07, 6.45) is 5.31. The first-order valence-electron chi connectivity index (χ1n) is 8.36. The Labute approximate surface area is 140 Å². The fraction of sp³-hybridized carbons (Fsp3) is 0.471. The van der Waals surface area contributed by atoms with Gasteiger partial charge in [0.05, 0.1) is 12.7 Å². The second-order valence-corrected chi connectivity index (χ2v) is 6.05. The van der Waals surface area contributed by atoms with E-state index in [2.05, 4.69) is 20.5 Å². The first kappa shape index (κ1) is 16.6. The molecule has 0 saturated carbocycles. The highest BCUT2D eigenvalue weighted by atomic mass is 19.1. The molecule has 128 valence electrons. The molecule has 0 radical (unpaired) electrons. The number of piperidine rings is 1. The molecule has 1 aromatic heterocycles. The third-order valence-electron chi connectivity index (χ3n) is 4.22. The summed E-state index contributed by atoms with van der Waals surface area (Å²) in [4.78, 5) is 14.5. The number of carbonyl (C=O) groups is 1. The Balaban J connectivity index is 1.49. The minimum absolute atomic E-state index is 0.244. The van der Waals surface area contributed by atoms with Gasteiger partial charge in [0.1, 0.15) is 5.82 Å². The van der Waals surface area contributed by atoms with Crippen LogP contribution in [0.1, 0.15) is 35.3 Å². The van der Waals surface area contributed by atoms with Crippen molar-refractivity contribution >= 4 is 5.91 Å². The van der Waals surface area contributed by atoms with Crippen LogP contribution in [0.3, 0.4) is 0 Å². The van der Waals surface area contributed by atoms with Crippen LogP contribution in [0, 0.1) is 5.82 Å². The first-order chi connectivity index (χ1) is 11.7. The van der Waals surface area contributed by atoms with Gasteiger partial charge in [-0.2, -0.15) is 0 Å². The van der Waals surface area contributed by atoms with Crippen molar-refractivity contribution in [2.24, 2.45) is 0 Å². The zero-order valence-electron chi connectivity index (χ0n) is 13.6. The number of rotatable bonds is 6. The maximum absolute atomic E-state index is 13.6. The van der Waals surface area contributed by atoms with Gasteiger partial charge in [-0.05, 0) is 32.0 Å². The van der Waals surface area contributed by atoms with Crippen LogP contribution in [0.25, 0.3) is 0 Å². The SMILES string of the molecule is O=C(NCCN1CCCCC1)c1cn(Cc2ccccc2F)nn1. The average molecular weight is 331 g/mol. The summed E-state index contributed by atoms with van der Waals surface area (Å²) in [6.45, 7) is 3.91. The van der Waals surface area contributed by atoms with Crippen molar-refractivity contribution in [2.45, 2.75) is 25.8 Å². The first-order valence-corrected chi connectivity index (χ1v) is 8.36. The van der Waals surface area contributed by atoms with E-state index in [9.17, 15) is 9.18 Å². The van der Waals surface area contributed by atoms with E-state index in [4.69, 9.17) is 0 Å². The highest BCUT2D eigenvalue weighted by Crippen LogP contribution is 2.09. The quantitative estimate of drug-likeness (QED) is 0.875. The molecule has 6 nitrogen and oxygen atoms in total. The molecule has 0 atom stereocenters. The molecule has 1 aliphatic rings. The van der Waals surface area contributed by atoms with Gasteiger partial charge in [0.25, 0.3) is 5.91 Å². The predicted molar refractivity (Wildman–Crippen MR) is 88.1 cm³/mol. The van der Waals surface area contributed by atoms with Gasteiger partial charge in [0.15, 0.2) is 5.69 Å². The number of amides is 1. The van der Waals surface area contributed by atoms with Crippen molar-refractivity contribution in [3.63, 3.8) is 0 Å². The molecule has 2 aromatic rings. The molecule has 0 unspecified atom stereocenters. The number of aromatic nitrogens is 3. The molecule has 2 heterocycles. The van der Waals surface area contributed by atoms with Crippen LogP contribution in [0.5, 0.6) is 0 Å². The molecule has 1 saturated heterocycles. The van der Waals surface area contributed by atoms with Crippen LogP contribution in [0.2, 0.25) is 0 Å². The Kier molecular flexibility index (Phi) is 5.53. The van der Waals surface area contributed by atoms with Crippen molar-refractivity contribution in [3.8, 4) is 0 Å². The summed E-state index contributed by atoms with van der Waals surface area (Å²) < 4.78 is 15.1. The average Bonchev–Trinajstić information content (AvgIpc) is 3.07. The number of hydrogen-bond acceptors (Lipinski definition) is 4. The van der Waals surface area contributed by atoms with E-state index in [1.807, 2.05) is 0 Å². The zero-order chi connectivity index (χ0) is 16.8. The summed E-state index contributed by atoms with van der Waals surface area (Å²) >= 11 is 0. The molecule has 1 aliphatic heterocycles. The second kappa shape index (κ2) is 8.01. The standard InChI is InChI=1S/C17H22FN5O/c18-15-7-3-2-6-14(15)12-23-13-16(20-21-23)17(24)19-8-11-22-9-4-1-5-10-22/h2-3,6-7,13H,1,4-5,8-12H2,(H,19,24). The molecule has 0 bridgehead atoms. The molecule has 0 aliphatic carbocycles. The normalized spacial score (nSPS) is 15.4. The van der Waals surface area contributed by atoms with Gasteiger partial charge in [-0.1, -0.05) is 29.8 Å². The van der Waals surface area contributed by atoms with E-state index in [-0.39, 0.29) is 24.0 Å². The molecule has 1 N–H and O–H groups in total. The molecular weight excluding hydrogens is 309 g/mol. The van der Waals surface area contributed by atoms with Gasteiger partial charge in [-0.3, -0.25) is 4.79 Å². The van der Waals surface area contributed by atoms with Gasteiger partial charge < -0.3 is 10.2 Å². The monoisotopic (exact) mass is 331 g/mol. The summed E-state index contributed by atoms with van der Waals surface area (Å²) in [6, 6.07) is 6.50. The molecule has 1 amide bonds. The third kappa shape index (κ3) is 4.38. The maximum Gasteiger partial charge on any atom is 0.273 e. The molecule has 0 spiro atoms. The summed E-state index contributed by atoms with van der Waals surface area (Å²) in [5.74, 6) is -0.535. The lowest BCUT2D eigenvalue weighted by molar-refractivity contribution is 0.0941. The molecule has 1 aromatic carbocycles. The van der Waals surface area contributed by atoms with Gasteiger partial charge in [0.2, 0.25) is 0 Å². The van der Waals surface area contributed by atoms with Gasteiger partial charge in [0, 0.05) is 18.7 Å². The van der Waals surface area contributed by atoms with Gasteiger partial charge in [-0.25, -0.2) is 9.07 Å². The minimum atomic E-state index is -0.291. The van der Waals surface area contributed by atoms with Crippen molar-refractivity contribution in [2.75, 3.05) is 26.2 Å². The van der Waals surface area contributed by atoms with Crippen LogP contribution >= 0.6 is 0 Å². The number of halogens is 1. The maximum atomic E-state index is 13.6. The Morgan fingerprint density at radius 1 is 1.21 bits per heavy atom. The Bertz CT molecular complexity index is 681. The van der Waals surface area contributed by atoms with E-state index < -0.39 is 0 Å². The van der Waals surface area contributed by atoms with E-state index in [0.29, 0.717) is 12.1 Å². The highest BCUT2D eigenvalue weighted by molar-refractivity contribution is 5.91. The number of nitrogens with one attached hydrogen (secondary N) is 1. The number of carbonyl (C=O) groups excluding carboxylic acids is 1. The number of benzene rings is 1. The van der Waals surface area contributed by atoms with Crippen LogP contribution in [-0.2, 0) is 6.54 Å². The molecule has 3 rings (SSSR count). The van der Waals surface area contributed by atoms with Crippen molar-refractivity contribution in [3.05, 3.63) is 47.5 Å². The van der Waals surface area contributed by atoms with Crippen molar-refractivity contribution < 1.29 is 9.18 Å². The largest absolute Gasteiger partial charge is 0.349 e. The lowest BCUT2D eigenvalue weighted by Gasteiger charge is -2.26. The summed E-state index contributed by atoms with van der Waals surface area (Å²) in [7, 11) is 0. The molecular formula is C17H22FN5O. The van der Waals surface area contributed by atoms with Crippen LogP contribution in [-0.4, -0.2) is 52.0 Å². The van der Waals surface area contributed by atoms with Crippen molar-refractivity contribution in [1.29, 1.82) is 0 Å². The predicted octanol–water partition coefficient (Wildman–Crippen LogP) is 1.68. The van der Waals surface area contributed by atoms with E-state index in [0.717, 1.165) is 19.6 Å². The van der Waals surface area contributed by atoms with E-state index in [1.54, 1.807) is 24.4 Å². The van der Waals surface area contributed by atoms with E-state index >= 15 is 0 Å². The fourth-order valence-electron chi connectivity index (χ4n) is 2.88. The number of likely N-dealkylation sites (tertiary alicyclic amines) is 1. The minimum Gasteiger partial charge on any atom is -0.349 e. The highest BCUT2D eigenvalue weighted by Gasteiger charge is 2.13. The fourth-order valence-corrected chi connectivity index (χ4v) is 2.88. The summed E-state index contributed by atoms with van der Waals surface area (Å²) in [5.41, 5.74) is 0.768. The zero-order valence-corrected chi connectivity index (χ0v) is 13.6. The van der Waals surface area contributed by atoms with Crippen LogP contribution in [0.15, 0.2) is 30.5 Å². The smallest absolute Gasteiger partial charge is 0.273 e. The van der Waals surface area contributed by atoms with Crippen LogP contribution in [0.4, 0.5) is 4.39 Å². The van der Waals surface area contributed by atoms with Crippen molar-refractivity contribution in [1.82, 2.24) is 25.2 Å². The van der Waals surface area contributed by atoms with Crippen LogP contribution < -0.4 is 5.32 Å². The molecule has 7 heteroatoms. The lowest BCUT2D eigenvalue weighted by Crippen LogP contribution is -2.37. The van der Waals surface area contributed by atoms with Gasteiger partial charge >= 0.3 is 0 Å². The lowest BCUT2D eigenvalue weighted by atomic mass is 10.1.